The lowest BCUT2D eigenvalue weighted by atomic mass is 10.1. The lowest BCUT2D eigenvalue weighted by Crippen LogP contribution is -2.30. The number of hydrogen-bond acceptors (Lipinski definition) is 5. The molecule has 0 aliphatic heterocycles. The van der Waals surface area contributed by atoms with Crippen LogP contribution in [-0.2, 0) is 33.6 Å². The van der Waals surface area contributed by atoms with Crippen LogP contribution in [0.2, 0.25) is 0 Å². The third-order valence-electron chi connectivity index (χ3n) is 4.80. The Hall–Kier alpha value is -2.63. The summed E-state index contributed by atoms with van der Waals surface area (Å²) in [5, 5.41) is 6.69. The van der Waals surface area contributed by atoms with E-state index in [9.17, 15) is 9.59 Å². The first-order valence-electron chi connectivity index (χ1n) is 8.98. The summed E-state index contributed by atoms with van der Waals surface area (Å²) < 4.78 is 10.3. The molecule has 0 spiro atoms. The van der Waals surface area contributed by atoms with Crippen LogP contribution < -0.4 is 5.32 Å². The van der Waals surface area contributed by atoms with Crippen molar-refractivity contribution in [1.82, 2.24) is 5.16 Å². The molecule has 0 saturated carbocycles. The molecule has 2 aromatic rings. The predicted octanol–water partition coefficient (Wildman–Crippen LogP) is 3.28. The highest BCUT2D eigenvalue weighted by molar-refractivity contribution is 5.95. The summed E-state index contributed by atoms with van der Waals surface area (Å²) >= 11 is 0. The van der Waals surface area contributed by atoms with E-state index < -0.39 is 12.1 Å². The Kier molecular flexibility index (Phi) is 5.40. The Morgan fingerprint density at radius 1 is 1.27 bits per heavy atom. The molecular weight excluding hydrogens is 332 g/mol. The van der Waals surface area contributed by atoms with Gasteiger partial charge in [-0.2, -0.15) is 0 Å². The third kappa shape index (κ3) is 4.12. The summed E-state index contributed by atoms with van der Waals surface area (Å²) in [7, 11) is 0. The standard InChI is InChI=1S/C20H24N2O4/c1-12-18(13(2)26-22-12)9-10-19(23)25-14(3)20(24)21-17-8-7-15-5-4-6-16(15)11-17/h7-8,11,14H,4-6,9-10H2,1-3H3,(H,21,24)/t14-/m0/s1. The molecule has 1 heterocycles. The maximum absolute atomic E-state index is 12.3. The van der Waals surface area contributed by atoms with Crippen LogP contribution in [0.1, 0.15) is 47.9 Å². The van der Waals surface area contributed by atoms with Crippen LogP contribution in [0.3, 0.4) is 0 Å². The van der Waals surface area contributed by atoms with Gasteiger partial charge in [-0.1, -0.05) is 11.2 Å². The van der Waals surface area contributed by atoms with Crippen molar-refractivity contribution in [2.75, 3.05) is 5.32 Å². The molecule has 0 radical (unpaired) electrons. The molecule has 3 rings (SSSR count). The third-order valence-corrected chi connectivity index (χ3v) is 4.80. The van der Waals surface area contributed by atoms with Crippen LogP contribution >= 0.6 is 0 Å². The second-order valence-corrected chi connectivity index (χ2v) is 6.76. The van der Waals surface area contributed by atoms with E-state index in [0.29, 0.717) is 12.2 Å². The molecule has 1 aromatic carbocycles. The summed E-state index contributed by atoms with van der Waals surface area (Å²) in [5.74, 6) is -0.0343. The Balaban J connectivity index is 1.50. The van der Waals surface area contributed by atoms with Crippen molar-refractivity contribution in [3.63, 3.8) is 0 Å². The van der Waals surface area contributed by atoms with Gasteiger partial charge in [-0.25, -0.2) is 0 Å². The van der Waals surface area contributed by atoms with Crippen molar-refractivity contribution in [3.8, 4) is 0 Å². The number of amides is 1. The van der Waals surface area contributed by atoms with Crippen molar-refractivity contribution >= 4 is 17.6 Å². The van der Waals surface area contributed by atoms with Gasteiger partial charge in [-0.05, 0) is 69.7 Å². The molecule has 0 saturated heterocycles. The number of fused-ring (bicyclic) bond motifs is 1. The van der Waals surface area contributed by atoms with E-state index in [2.05, 4.69) is 16.5 Å². The van der Waals surface area contributed by atoms with Gasteiger partial charge in [0.05, 0.1) is 5.69 Å². The number of aromatic nitrogens is 1. The summed E-state index contributed by atoms with van der Waals surface area (Å²) in [4.78, 5) is 24.3. The summed E-state index contributed by atoms with van der Waals surface area (Å²) in [6, 6.07) is 5.96. The number of aryl methyl sites for hydroxylation is 4. The minimum Gasteiger partial charge on any atom is -0.453 e. The largest absolute Gasteiger partial charge is 0.453 e. The molecule has 0 bridgehead atoms. The van der Waals surface area contributed by atoms with Crippen molar-refractivity contribution < 1.29 is 18.8 Å². The second kappa shape index (κ2) is 7.72. The normalized spacial score (nSPS) is 14.0. The highest BCUT2D eigenvalue weighted by atomic mass is 16.5. The van der Waals surface area contributed by atoms with Gasteiger partial charge in [0, 0.05) is 17.7 Å². The number of esters is 1. The zero-order chi connectivity index (χ0) is 18.7. The quantitative estimate of drug-likeness (QED) is 0.803. The average Bonchev–Trinajstić information content (AvgIpc) is 3.19. The van der Waals surface area contributed by atoms with E-state index in [1.165, 1.54) is 11.1 Å². The fraction of sp³-hybridized carbons (Fsp3) is 0.450. The number of nitrogens with zero attached hydrogens (tertiary/aromatic N) is 1. The minimum absolute atomic E-state index is 0.180. The lowest BCUT2D eigenvalue weighted by molar-refractivity contribution is -0.153. The Morgan fingerprint density at radius 2 is 2.04 bits per heavy atom. The average molecular weight is 356 g/mol. The fourth-order valence-corrected chi connectivity index (χ4v) is 3.29. The monoisotopic (exact) mass is 356 g/mol. The molecule has 6 nitrogen and oxygen atoms in total. The predicted molar refractivity (Wildman–Crippen MR) is 96.9 cm³/mol. The number of carbonyl (C=O) groups excluding carboxylic acids is 2. The molecule has 1 atom stereocenters. The molecule has 1 N–H and O–H groups in total. The summed E-state index contributed by atoms with van der Waals surface area (Å²) in [5.41, 5.74) is 5.07. The minimum atomic E-state index is -0.847. The molecule has 1 aliphatic carbocycles. The van der Waals surface area contributed by atoms with Crippen molar-refractivity contribution in [2.45, 2.75) is 59.0 Å². The molecule has 1 aliphatic rings. The zero-order valence-corrected chi connectivity index (χ0v) is 15.4. The van der Waals surface area contributed by atoms with Crippen LogP contribution in [0.5, 0.6) is 0 Å². The summed E-state index contributed by atoms with van der Waals surface area (Å²) in [6.07, 6.45) is 3.12. The first-order chi connectivity index (χ1) is 12.4. The maximum atomic E-state index is 12.3. The second-order valence-electron chi connectivity index (χ2n) is 6.76. The highest BCUT2D eigenvalue weighted by Crippen LogP contribution is 2.25. The van der Waals surface area contributed by atoms with Gasteiger partial charge in [0.25, 0.3) is 5.91 Å². The Labute approximate surface area is 152 Å². The fourth-order valence-electron chi connectivity index (χ4n) is 3.29. The smallest absolute Gasteiger partial charge is 0.306 e. The highest BCUT2D eigenvalue weighted by Gasteiger charge is 2.20. The molecule has 0 unspecified atom stereocenters. The van der Waals surface area contributed by atoms with Crippen molar-refractivity contribution in [1.29, 1.82) is 0 Å². The molecule has 1 amide bonds. The van der Waals surface area contributed by atoms with Gasteiger partial charge >= 0.3 is 5.97 Å². The molecule has 138 valence electrons. The van der Waals surface area contributed by atoms with Crippen LogP contribution in [0.15, 0.2) is 22.7 Å². The number of nitrogens with one attached hydrogen (secondary N) is 1. The number of rotatable bonds is 6. The maximum Gasteiger partial charge on any atom is 0.306 e. The number of benzene rings is 1. The van der Waals surface area contributed by atoms with Gasteiger partial charge < -0.3 is 14.6 Å². The Morgan fingerprint density at radius 3 is 2.77 bits per heavy atom. The number of carbonyl (C=O) groups is 2. The van der Waals surface area contributed by atoms with Gasteiger partial charge in [0.2, 0.25) is 0 Å². The molecule has 0 fully saturated rings. The first-order valence-corrected chi connectivity index (χ1v) is 8.98. The van der Waals surface area contributed by atoms with Crippen molar-refractivity contribution in [2.24, 2.45) is 0 Å². The van der Waals surface area contributed by atoms with Crippen LogP contribution in [0, 0.1) is 13.8 Å². The number of ether oxygens (including phenoxy) is 1. The number of hydrogen-bond donors (Lipinski definition) is 1. The number of anilines is 1. The molecule has 26 heavy (non-hydrogen) atoms. The van der Waals surface area contributed by atoms with E-state index >= 15 is 0 Å². The van der Waals surface area contributed by atoms with E-state index in [0.717, 1.165) is 36.2 Å². The molecular formula is C20H24N2O4. The van der Waals surface area contributed by atoms with E-state index in [4.69, 9.17) is 9.26 Å². The van der Waals surface area contributed by atoms with Gasteiger partial charge in [-0.15, -0.1) is 0 Å². The van der Waals surface area contributed by atoms with Crippen molar-refractivity contribution in [3.05, 3.63) is 46.3 Å². The summed E-state index contributed by atoms with van der Waals surface area (Å²) in [6.45, 7) is 5.23. The topological polar surface area (TPSA) is 81.4 Å². The van der Waals surface area contributed by atoms with Gasteiger partial charge in [0.15, 0.2) is 6.10 Å². The van der Waals surface area contributed by atoms with E-state index in [-0.39, 0.29) is 12.3 Å². The van der Waals surface area contributed by atoms with E-state index in [1.54, 1.807) is 6.92 Å². The van der Waals surface area contributed by atoms with Gasteiger partial charge in [-0.3, -0.25) is 9.59 Å². The van der Waals surface area contributed by atoms with Gasteiger partial charge in [0.1, 0.15) is 5.76 Å². The molecule has 6 heteroatoms. The Bertz CT molecular complexity index is 806. The molecule has 1 aromatic heterocycles. The first kappa shape index (κ1) is 18.2. The lowest BCUT2D eigenvalue weighted by Gasteiger charge is -2.14. The zero-order valence-electron chi connectivity index (χ0n) is 15.4. The SMILES string of the molecule is Cc1noc(C)c1CCC(=O)O[C@@H](C)C(=O)Nc1ccc2c(c1)CCC2. The van der Waals surface area contributed by atoms with E-state index in [1.807, 2.05) is 26.0 Å². The van der Waals surface area contributed by atoms with Crippen LogP contribution in [0.25, 0.3) is 0 Å². The van der Waals surface area contributed by atoms with Crippen LogP contribution in [0.4, 0.5) is 5.69 Å². The van der Waals surface area contributed by atoms with Crippen LogP contribution in [-0.4, -0.2) is 23.1 Å².